The average Bonchev–Trinajstić information content (AvgIpc) is 2.61. The number of hydrogen-bond donors (Lipinski definition) is 2. The third kappa shape index (κ3) is 4.20. The van der Waals surface area contributed by atoms with Gasteiger partial charge in [-0.3, -0.25) is 14.6 Å². The van der Waals surface area contributed by atoms with Crippen molar-refractivity contribution < 1.29 is 9.59 Å². The van der Waals surface area contributed by atoms with Crippen LogP contribution in [0.5, 0.6) is 0 Å². The largest absolute Gasteiger partial charge is 0.352 e. The lowest BCUT2D eigenvalue weighted by atomic mass is 10.1. The minimum absolute atomic E-state index is 0.227. The van der Waals surface area contributed by atoms with Crippen LogP contribution in [0.25, 0.3) is 10.9 Å². The van der Waals surface area contributed by atoms with Crippen molar-refractivity contribution in [2.24, 2.45) is 0 Å². The van der Waals surface area contributed by atoms with Crippen molar-refractivity contribution in [1.29, 1.82) is 0 Å². The molecule has 0 spiro atoms. The molecule has 3 aromatic rings. The first-order valence-electron chi connectivity index (χ1n) is 8.08. The van der Waals surface area contributed by atoms with Crippen LogP contribution in [0.3, 0.4) is 0 Å². The molecule has 0 bridgehead atoms. The molecule has 2 aromatic carbocycles. The zero-order valence-corrected chi connectivity index (χ0v) is 14.0. The predicted molar refractivity (Wildman–Crippen MR) is 98.0 cm³/mol. The number of rotatable bonds is 5. The molecular weight excluding hydrogens is 314 g/mol. The number of nitrogens with one attached hydrogen (secondary N) is 2. The van der Waals surface area contributed by atoms with E-state index in [1.165, 1.54) is 0 Å². The Morgan fingerprint density at radius 3 is 2.60 bits per heavy atom. The van der Waals surface area contributed by atoms with Gasteiger partial charge < -0.3 is 10.6 Å². The summed E-state index contributed by atoms with van der Waals surface area (Å²) in [5.41, 5.74) is 3.46. The van der Waals surface area contributed by atoms with Crippen molar-refractivity contribution in [2.75, 3.05) is 5.32 Å². The zero-order chi connectivity index (χ0) is 17.6. The van der Waals surface area contributed by atoms with Gasteiger partial charge in [-0.25, -0.2) is 0 Å². The van der Waals surface area contributed by atoms with E-state index < -0.39 is 0 Å². The molecule has 5 heteroatoms. The minimum atomic E-state index is -0.361. The highest BCUT2D eigenvalue weighted by Crippen LogP contribution is 2.20. The van der Waals surface area contributed by atoms with Crippen LogP contribution in [-0.2, 0) is 16.1 Å². The number of benzene rings is 2. The molecule has 25 heavy (non-hydrogen) atoms. The Labute approximate surface area is 146 Å². The van der Waals surface area contributed by atoms with Gasteiger partial charge in [0.05, 0.1) is 11.2 Å². The van der Waals surface area contributed by atoms with Crippen molar-refractivity contribution >= 4 is 28.4 Å². The van der Waals surface area contributed by atoms with E-state index >= 15 is 0 Å². The third-order valence-corrected chi connectivity index (χ3v) is 3.97. The molecule has 0 aliphatic rings. The first-order chi connectivity index (χ1) is 12.1. The van der Waals surface area contributed by atoms with Crippen LogP contribution >= 0.6 is 0 Å². The predicted octanol–water partition coefficient (Wildman–Crippen LogP) is 3.19. The van der Waals surface area contributed by atoms with Gasteiger partial charge in [-0.2, -0.15) is 0 Å². The number of anilines is 1. The van der Waals surface area contributed by atoms with Crippen LogP contribution in [0.1, 0.15) is 17.5 Å². The van der Waals surface area contributed by atoms with E-state index in [0.717, 1.165) is 16.5 Å². The van der Waals surface area contributed by atoms with Gasteiger partial charge >= 0.3 is 0 Å². The molecule has 0 atom stereocenters. The van der Waals surface area contributed by atoms with Gasteiger partial charge in [0.2, 0.25) is 11.8 Å². The quantitative estimate of drug-likeness (QED) is 0.705. The van der Waals surface area contributed by atoms with E-state index in [0.29, 0.717) is 17.7 Å². The van der Waals surface area contributed by atoms with E-state index in [-0.39, 0.29) is 18.2 Å². The van der Waals surface area contributed by atoms with Crippen molar-refractivity contribution in [2.45, 2.75) is 19.9 Å². The highest BCUT2D eigenvalue weighted by atomic mass is 16.2. The number of aromatic nitrogens is 1. The molecule has 0 aliphatic carbocycles. The first kappa shape index (κ1) is 16.6. The normalized spacial score (nSPS) is 10.4. The molecule has 0 fully saturated rings. The second-order valence-electron chi connectivity index (χ2n) is 5.81. The average molecular weight is 333 g/mol. The maximum atomic E-state index is 12.1. The third-order valence-electron chi connectivity index (χ3n) is 3.97. The lowest BCUT2D eigenvalue weighted by Gasteiger charge is -2.09. The van der Waals surface area contributed by atoms with Crippen LogP contribution in [-0.4, -0.2) is 16.8 Å². The first-order valence-corrected chi connectivity index (χ1v) is 8.08. The number of amides is 2. The number of carbonyl (C=O) groups is 2. The van der Waals surface area contributed by atoms with Crippen molar-refractivity contribution in [1.82, 2.24) is 10.3 Å². The van der Waals surface area contributed by atoms with E-state index in [2.05, 4.69) is 15.6 Å². The maximum absolute atomic E-state index is 12.1. The molecule has 0 radical (unpaired) electrons. The molecule has 126 valence electrons. The summed E-state index contributed by atoms with van der Waals surface area (Å²) in [6.45, 7) is 2.40. The number of para-hydroxylation sites is 1. The van der Waals surface area contributed by atoms with Crippen molar-refractivity contribution in [3.63, 3.8) is 0 Å². The number of hydrogen-bond acceptors (Lipinski definition) is 3. The molecule has 2 N–H and O–H groups in total. The smallest absolute Gasteiger partial charge is 0.233 e. The van der Waals surface area contributed by atoms with Crippen molar-refractivity contribution in [3.8, 4) is 0 Å². The summed E-state index contributed by atoms with van der Waals surface area (Å²) in [5.74, 6) is -0.672. The van der Waals surface area contributed by atoms with E-state index in [1.54, 1.807) is 12.3 Å². The lowest BCUT2D eigenvalue weighted by molar-refractivity contribution is -0.126. The van der Waals surface area contributed by atoms with Gasteiger partial charge in [0.1, 0.15) is 6.42 Å². The van der Waals surface area contributed by atoms with Gasteiger partial charge in [-0.15, -0.1) is 0 Å². The Balaban J connectivity index is 1.58. The Hall–Kier alpha value is -3.21. The molecule has 2 amide bonds. The lowest BCUT2D eigenvalue weighted by Crippen LogP contribution is -2.28. The molecule has 0 aliphatic heterocycles. The fraction of sp³-hybridized carbons (Fsp3) is 0.150. The van der Waals surface area contributed by atoms with Crippen molar-refractivity contribution in [3.05, 3.63) is 71.9 Å². The van der Waals surface area contributed by atoms with Crippen LogP contribution in [0.15, 0.2) is 60.8 Å². The molecule has 5 nitrogen and oxygen atoms in total. The number of fused-ring (bicyclic) bond motifs is 1. The summed E-state index contributed by atoms with van der Waals surface area (Å²) in [4.78, 5) is 28.4. The van der Waals surface area contributed by atoms with E-state index in [4.69, 9.17) is 0 Å². The van der Waals surface area contributed by atoms with Gasteiger partial charge in [0, 0.05) is 18.1 Å². The van der Waals surface area contributed by atoms with Crippen LogP contribution < -0.4 is 10.6 Å². The van der Waals surface area contributed by atoms with Gasteiger partial charge in [-0.1, -0.05) is 42.5 Å². The Bertz CT molecular complexity index is 916. The number of aryl methyl sites for hydroxylation is 1. The second kappa shape index (κ2) is 7.57. The Morgan fingerprint density at radius 2 is 1.76 bits per heavy atom. The molecule has 1 heterocycles. The highest BCUT2D eigenvalue weighted by molar-refractivity contribution is 6.07. The van der Waals surface area contributed by atoms with Gasteiger partial charge in [0.15, 0.2) is 0 Å². The number of nitrogens with zero attached hydrogens (tertiary/aromatic N) is 1. The SMILES string of the molecule is Cc1ccccc1CNC(=O)CC(=O)Nc1cccc2cccnc12. The second-order valence-corrected chi connectivity index (χ2v) is 5.81. The van der Waals surface area contributed by atoms with Crippen LogP contribution in [0.4, 0.5) is 5.69 Å². The Kier molecular flexibility index (Phi) is 5.04. The van der Waals surface area contributed by atoms with E-state index in [9.17, 15) is 9.59 Å². The van der Waals surface area contributed by atoms with Crippen LogP contribution in [0.2, 0.25) is 0 Å². The molecule has 0 saturated heterocycles. The fourth-order valence-electron chi connectivity index (χ4n) is 2.61. The molecule has 1 aromatic heterocycles. The van der Waals surface area contributed by atoms with Crippen LogP contribution in [0, 0.1) is 6.92 Å². The Morgan fingerprint density at radius 1 is 0.960 bits per heavy atom. The standard InChI is InChI=1S/C20H19N3O2/c1-14-6-2-3-7-16(14)13-22-18(24)12-19(25)23-17-10-4-8-15-9-5-11-21-20(15)17/h2-11H,12-13H2,1H3,(H,22,24)(H,23,25). The van der Waals surface area contributed by atoms with E-state index in [1.807, 2.05) is 55.5 Å². The van der Waals surface area contributed by atoms with Gasteiger partial charge in [-0.05, 0) is 30.2 Å². The molecular formula is C20H19N3O2. The number of pyridine rings is 1. The highest BCUT2D eigenvalue weighted by Gasteiger charge is 2.11. The minimum Gasteiger partial charge on any atom is -0.352 e. The number of carbonyl (C=O) groups excluding carboxylic acids is 2. The maximum Gasteiger partial charge on any atom is 0.233 e. The topological polar surface area (TPSA) is 71.1 Å². The molecule has 0 saturated carbocycles. The summed E-state index contributed by atoms with van der Waals surface area (Å²) in [6.07, 6.45) is 1.45. The fourth-order valence-corrected chi connectivity index (χ4v) is 2.61. The summed E-state index contributed by atoms with van der Waals surface area (Å²) >= 11 is 0. The summed E-state index contributed by atoms with van der Waals surface area (Å²) < 4.78 is 0. The zero-order valence-electron chi connectivity index (χ0n) is 14.0. The molecule has 0 unspecified atom stereocenters. The summed E-state index contributed by atoms with van der Waals surface area (Å²) in [5, 5.41) is 6.48. The molecule has 3 rings (SSSR count). The van der Waals surface area contributed by atoms with Gasteiger partial charge in [0.25, 0.3) is 0 Å². The summed E-state index contributed by atoms with van der Waals surface area (Å²) in [6, 6.07) is 17.1. The monoisotopic (exact) mass is 333 g/mol. The summed E-state index contributed by atoms with van der Waals surface area (Å²) in [7, 11) is 0.